The summed E-state index contributed by atoms with van der Waals surface area (Å²) in [6, 6.07) is 10.8. The lowest BCUT2D eigenvalue weighted by molar-refractivity contribution is -0.145. The van der Waals surface area contributed by atoms with Crippen molar-refractivity contribution in [1.29, 1.82) is 0 Å². The second kappa shape index (κ2) is 9.96. The first-order chi connectivity index (χ1) is 14.1. The normalized spacial score (nSPS) is 12.9. The second-order valence-corrected chi connectivity index (χ2v) is 6.74. The number of rotatable bonds is 7. The number of phenolic OH excluding ortho intramolecular Hbond substituents is 1. The van der Waals surface area contributed by atoms with Gasteiger partial charge >= 0.3 is 12.1 Å². The third-order valence-corrected chi connectivity index (χ3v) is 4.49. The van der Waals surface area contributed by atoms with Crippen LogP contribution in [0.25, 0.3) is 5.57 Å². The van der Waals surface area contributed by atoms with Gasteiger partial charge in [0, 0.05) is 12.6 Å². The van der Waals surface area contributed by atoms with Gasteiger partial charge in [-0.3, -0.25) is 9.59 Å². The van der Waals surface area contributed by atoms with Crippen molar-refractivity contribution in [3.8, 4) is 5.75 Å². The van der Waals surface area contributed by atoms with E-state index in [0.717, 1.165) is 17.7 Å². The van der Waals surface area contributed by atoms with Crippen LogP contribution in [0, 0.1) is 5.92 Å². The molecule has 0 heterocycles. The Bertz CT molecular complexity index is 903. The molecule has 2 rings (SSSR count). The van der Waals surface area contributed by atoms with E-state index in [2.05, 4.69) is 5.32 Å². The van der Waals surface area contributed by atoms with E-state index in [9.17, 15) is 27.9 Å². The summed E-state index contributed by atoms with van der Waals surface area (Å²) < 4.78 is 42.7. The molecule has 2 aromatic rings. The van der Waals surface area contributed by atoms with Gasteiger partial charge in [0.05, 0.1) is 18.6 Å². The Labute approximate surface area is 172 Å². The number of phenols is 1. The number of methoxy groups -OCH3 is 1. The molecule has 2 aromatic carbocycles. The third kappa shape index (κ3) is 6.65. The van der Waals surface area contributed by atoms with Crippen molar-refractivity contribution in [2.45, 2.75) is 19.5 Å². The molecule has 160 valence electrons. The van der Waals surface area contributed by atoms with Crippen molar-refractivity contribution >= 4 is 17.4 Å². The van der Waals surface area contributed by atoms with Crippen LogP contribution in [0.15, 0.2) is 54.6 Å². The fourth-order valence-electron chi connectivity index (χ4n) is 2.80. The minimum Gasteiger partial charge on any atom is -0.508 e. The molecule has 0 aliphatic rings. The summed E-state index contributed by atoms with van der Waals surface area (Å²) in [6.07, 6.45) is -2.86. The highest BCUT2D eigenvalue weighted by atomic mass is 19.4. The lowest BCUT2D eigenvalue weighted by Crippen LogP contribution is -2.34. The molecule has 0 radical (unpaired) electrons. The van der Waals surface area contributed by atoms with Crippen LogP contribution in [0.1, 0.15) is 23.6 Å². The topological polar surface area (TPSA) is 75.6 Å². The Kier molecular flexibility index (Phi) is 7.63. The molecule has 30 heavy (non-hydrogen) atoms. The van der Waals surface area contributed by atoms with Crippen molar-refractivity contribution in [2.75, 3.05) is 13.7 Å². The largest absolute Gasteiger partial charge is 0.508 e. The zero-order valence-corrected chi connectivity index (χ0v) is 16.5. The molecule has 0 bridgehead atoms. The predicted octanol–water partition coefficient (Wildman–Crippen LogP) is 3.96. The first-order valence-corrected chi connectivity index (χ1v) is 9.09. The minimum atomic E-state index is -4.42. The average molecular weight is 421 g/mol. The number of carbonyl (C=O) groups excluding carboxylic acids is 2. The van der Waals surface area contributed by atoms with Crippen LogP contribution in [0.5, 0.6) is 5.75 Å². The van der Waals surface area contributed by atoms with E-state index in [-0.39, 0.29) is 12.3 Å². The Morgan fingerprint density at radius 3 is 2.23 bits per heavy atom. The number of aromatic hydroxyl groups is 1. The van der Waals surface area contributed by atoms with Crippen LogP contribution in [-0.4, -0.2) is 30.6 Å². The van der Waals surface area contributed by atoms with Gasteiger partial charge in [0.25, 0.3) is 0 Å². The van der Waals surface area contributed by atoms with Gasteiger partial charge in [-0.05, 0) is 54.3 Å². The lowest BCUT2D eigenvalue weighted by atomic mass is 9.99. The Hall–Kier alpha value is -3.29. The maximum absolute atomic E-state index is 12.6. The number of halogens is 3. The van der Waals surface area contributed by atoms with Crippen molar-refractivity contribution in [3.05, 3.63) is 71.3 Å². The van der Waals surface area contributed by atoms with E-state index in [1.54, 1.807) is 19.1 Å². The Morgan fingerprint density at radius 1 is 1.10 bits per heavy atom. The third-order valence-electron chi connectivity index (χ3n) is 4.49. The molecule has 0 aliphatic carbocycles. The first-order valence-electron chi connectivity index (χ1n) is 9.09. The Morgan fingerprint density at radius 2 is 1.70 bits per heavy atom. The smallest absolute Gasteiger partial charge is 0.416 e. The van der Waals surface area contributed by atoms with E-state index in [4.69, 9.17) is 4.74 Å². The number of alkyl halides is 3. The van der Waals surface area contributed by atoms with Crippen molar-refractivity contribution < 1.29 is 32.6 Å². The molecular weight excluding hydrogens is 399 g/mol. The van der Waals surface area contributed by atoms with E-state index < -0.39 is 29.5 Å². The number of hydrogen-bond donors (Lipinski definition) is 2. The van der Waals surface area contributed by atoms with Gasteiger partial charge in [-0.2, -0.15) is 13.2 Å². The van der Waals surface area contributed by atoms with Gasteiger partial charge in [-0.1, -0.05) is 24.3 Å². The van der Waals surface area contributed by atoms with Crippen molar-refractivity contribution in [2.24, 2.45) is 5.92 Å². The molecular formula is C22H22F3NO4. The summed E-state index contributed by atoms with van der Waals surface area (Å²) in [5, 5.41) is 12.0. The fraction of sp³-hybridized carbons (Fsp3) is 0.273. The SMILES string of the molecule is COC(=O)C(CNC(=O)C=C(C)c1ccc(C(F)(F)F)cc1)Cc1ccc(O)cc1. The molecule has 1 unspecified atom stereocenters. The van der Waals surface area contributed by atoms with Gasteiger partial charge in [-0.15, -0.1) is 0 Å². The van der Waals surface area contributed by atoms with Crippen LogP contribution in [-0.2, 0) is 26.9 Å². The maximum Gasteiger partial charge on any atom is 0.416 e. The maximum atomic E-state index is 12.6. The van der Waals surface area contributed by atoms with Gasteiger partial charge in [0.1, 0.15) is 5.75 Å². The molecule has 1 amide bonds. The monoisotopic (exact) mass is 421 g/mol. The number of benzene rings is 2. The quantitative estimate of drug-likeness (QED) is 0.524. The molecule has 1 atom stereocenters. The van der Waals surface area contributed by atoms with Crippen LogP contribution in [0.2, 0.25) is 0 Å². The van der Waals surface area contributed by atoms with E-state index in [1.165, 1.54) is 37.5 Å². The fourth-order valence-corrected chi connectivity index (χ4v) is 2.80. The zero-order valence-electron chi connectivity index (χ0n) is 16.5. The van der Waals surface area contributed by atoms with Gasteiger partial charge in [-0.25, -0.2) is 0 Å². The van der Waals surface area contributed by atoms with Crippen LogP contribution in [0.4, 0.5) is 13.2 Å². The van der Waals surface area contributed by atoms with E-state index in [1.807, 2.05) is 0 Å². The molecule has 2 N–H and O–H groups in total. The number of allylic oxidation sites excluding steroid dienone is 1. The van der Waals surface area contributed by atoms with Gasteiger partial charge in [0.2, 0.25) is 5.91 Å². The second-order valence-electron chi connectivity index (χ2n) is 6.74. The molecule has 0 fully saturated rings. The standard InChI is InChI=1S/C22H22F3NO4/c1-14(16-5-7-18(8-6-16)22(23,24)25)11-20(28)26-13-17(21(29)30-2)12-15-3-9-19(27)10-4-15/h3-11,17,27H,12-13H2,1-2H3,(H,26,28). The highest BCUT2D eigenvalue weighted by Crippen LogP contribution is 2.30. The van der Waals surface area contributed by atoms with Crippen molar-refractivity contribution in [3.63, 3.8) is 0 Å². The first kappa shape index (κ1) is 23.0. The average Bonchev–Trinajstić information content (AvgIpc) is 2.71. The molecule has 0 saturated carbocycles. The highest BCUT2D eigenvalue weighted by molar-refractivity contribution is 5.95. The number of esters is 1. The molecule has 5 nitrogen and oxygen atoms in total. The molecule has 0 saturated heterocycles. The number of carbonyl (C=O) groups is 2. The number of ether oxygens (including phenoxy) is 1. The zero-order chi connectivity index (χ0) is 22.3. The van der Waals surface area contributed by atoms with Crippen LogP contribution >= 0.6 is 0 Å². The summed E-state index contributed by atoms with van der Waals surface area (Å²) in [7, 11) is 1.25. The van der Waals surface area contributed by atoms with E-state index >= 15 is 0 Å². The highest BCUT2D eigenvalue weighted by Gasteiger charge is 2.30. The van der Waals surface area contributed by atoms with Gasteiger partial charge in [0.15, 0.2) is 0 Å². The minimum absolute atomic E-state index is 0.0170. The Balaban J connectivity index is 2.01. The molecule has 0 aromatic heterocycles. The van der Waals surface area contributed by atoms with Gasteiger partial charge < -0.3 is 15.2 Å². The molecule has 8 heteroatoms. The summed E-state index contributed by atoms with van der Waals surface area (Å²) in [6.45, 7) is 1.62. The number of amides is 1. The van der Waals surface area contributed by atoms with Crippen LogP contribution in [0.3, 0.4) is 0 Å². The predicted molar refractivity (Wildman–Crippen MR) is 105 cm³/mol. The molecule has 0 aliphatic heterocycles. The number of nitrogens with one attached hydrogen (secondary N) is 1. The summed E-state index contributed by atoms with van der Waals surface area (Å²) >= 11 is 0. The van der Waals surface area contributed by atoms with Crippen LogP contribution < -0.4 is 5.32 Å². The summed E-state index contributed by atoms with van der Waals surface area (Å²) in [5.74, 6) is -1.51. The summed E-state index contributed by atoms with van der Waals surface area (Å²) in [5.41, 5.74) is 0.980. The lowest BCUT2D eigenvalue weighted by Gasteiger charge is -2.15. The number of hydrogen-bond acceptors (Lipinski definition) is 4. The summed E-state index contributed by atoms with van der Waals surface area (Å²) in [4.78, 5) is 24.2. The van der Waals surface area contributed by atoms with E-state index in [0.29, 0.717) is 17.6 Å². The molecule has 0 spiro atoms. The van der Waals surface area contributed by atoms with Crippen molar-refractivity contribution in [1.82, 2.24) is 5.32 Å².